The summed E-state index contributed by atoms with van der Waals surface area (Å²) in [6.45, 7) is 0. The Labute approximate surface area is 89.1 Å². The van der Waals surface area contributed by atoms with Crippen LogP contribution in [0.3, 0.4) is 0 Å². The van der Waals surface area contributed by atoms with E-state index in [0.717, 1.165) is 5.56 Å². The Bertz CT molecular complexity index is 342. The molecular weight excluding hydrogens is 285 g/mol. The maximum atomic E-state index is 11.4. The smallest absolute Gasteiger partial charge is 0.268 e. The first-order valence-electron chi connectivity index (χ1n) is 3.35. The van der Waals surface area contributed by atoms with Gasteiger partial charge in [0.25, 0.3) is 5.91 Å². The van der Waals surface area contributed by atoms with E-state index in [4.69, 9.17) is 12.2 Å². The zero-order chi connectivity index (χ0) is 8.72. The fraction of sp³-hybridized carbons (Fsp3) is 0. The number of thiocarbonyl (C=S) groups is 1. The predicted octanol–water partition coefficient (Wildman–Crippen LogP) is 2.17. The number of fused-ring (bicyclic) bond motifs is 1. The number of rotatable bonds is 0. The van der Waals surface area contributed by atoms with Crippen molar-refractivity contribution in [3.05, 3.63) is 35.4 Å². The molecule has 0 aromatic heterocycles. The molecule has 60 valence electrons. The minimum atomic E-state index is -0.0174. The van der Waals surface area contributed by atoms with Gasteiger partial charge in [0.1, 0.15) is 4.99 Å². The van der Waals surface area contributed by atoms with Gasteiger partial charge in [-0.05, 0) is 6.07 Å². The Morgan fingerprint density at radius 3 is 2.42 bits per heavy atom. The fourth-order valence-electron chi connectivity index (χ4n) is 1.16. The number of nitrogens with zero attached hydrogens (tertiary/aromatic N) is 1. The van der Waals surface area contributed by atoms with E-state index in [1.54, 1.807) is 6.07 Å². The lowest BCUT2D eigenvalue weighted by Gasteiger charge is -2.02. The highest BCUT2D eigenvalue weighted by molar-refractivity contribution is 14.1. The van der Waals surface area contributed by atoms with E-state index < -0.39 is 0 Å². The number of hydrogen-bond acceptors (Lipinski definition) is 2. The molecule has 1 aliphatic heterocycles. The van der Waals surface area contributed by atoms with Crippen molar-refractivity contribution in [3.63, 3.8) is 0 Å². The Morgan fingerprint density at radius 1 is 1.25 bits per heavy atom. The third-order valence-electron chi connectivity index (χ3n) is 1.74. The van der Waals surface area contributed by atoms with Gasteiger partial charge >= 0.3 is 0 Å². The number of halogens is 1. The van der Waals surface area contributed by atoms with Crippen LogP contribution in [-0.2, 0) is 0 Å². The molecule has 0 fully saturated rings. The van der Waals surface area contributed by atoms with Crippen LogP contribution in [0.5, 0.6) is 0 Å². The normalized spacial score (nSPS) is 15.2. The summed E-state index contributed by atoms with van der Waals surface area (Å²) in [5, 5.41) is 0. The van der Waals surface area contributed by atoms with Crippen molar-refractivity contribution in [3.8, 4) is 0 Å². The molecule has 12 heavy (non-hydrogen) atoms. The van der Waals surface area contributed by atoms with Crippen LogP contribution < -0.4 is 0 Å². The largest absolute Gasteiger partial charge is 0.268 e. The summed E-state index contributed by atoms with van der Waals surface area (Å²) in [5.41, 5.74) is 1.57. The molecule has 0 saturated carbocycles. The van der Waals surface area contributed by atoms with Gasteiger partial charge in [-0.25, -0.2) is 3.11 Å². The summed E-state index contributed by atoms with van der Waals surface area (Å²) in [6, 6.07) is 7.39. The van der Waals surface area contributed by atoms with Crippen LogP contribution in [0, 0.1) is 0 Å². The molecule has 0 saturated heterocycles. The molecule has 1 aromatic carbocycles. The van der Waals surface area contributed by atoms with Crippen LogP contribution in [0.4, 0.5) is 0 Å². The van der Waals surface area contributed by atoms with Gasteiger partial charge in [-0.2, -0.15) is 0 Å². The predicted molar refractivity (Wildman–Crippen MR) is 58.3 cm³/mol. The Kier molecular flexibility index (Phi) is 1.88. The molecule has 0 aliphatic carbocycles. The molecule has 2 nitrogen and oxygen atoms in total. The molecule has 0 spiro atoms. The second kappa shape index (κ2) is 2.77. The summed E-state index contributed by atoms with van der Waals surface area (Å²) in [6.07, 6.45) is 0. The van der Waals surface area contributed by atoms with Crippen molar-refractivity contribution in [2.24, 2.45) is 0 Å². The van der Waals surface area contributed by atoms with Gasteiger partial charge in [0.15, 0.2) is 0 Å². The van der Waals surface area contributed by atoms with E-state index in [1.165, 1.54) is 3.11 Å². The van der Waals surface area contributed by atoms with Gasteiger partial charge in [0.2, 0.25) is 0 Å². The summed E-state index contributed by atoms with van der Waals surface area (Å²) in [4.78, 5) is 12.0. The van der Waals surface area contributed by atoms with E-state index in [2.05, 4.69) is 0 Å². The number of benzene rings is 1. The van der Waals surface area contributed by atoms with E-state index in [9.17, 15) is 4.79 Å². The molecule has 0 bridgehead atoms. The fourth-order valence-corrected chi connectivity index (χ4v) is 1.94. The first-order chi connectivity index (χ1) is 5.72. The quantitative estimate of drug-likeness (QED) is 0.414. The van der Waals surface area contributed by atoms with E-state index in [-0.39, 0.29) is 5.91 Å². The SMILES string of the molecule is O=C1c2ccccc2C(=S)N1I. The van der Waals surface area contributed by atoms with Crippen molar-refractivity contribution in [2.45, 2.75) is 0 Å². The molecule has 1 aliphatic rings. The van der Waals surface area contributed by atoms with Crippen LogP contribution in [0.1, 0.15) is 15.9 Å². The molecular formula is C8H4INOS. The van der Waals surface area contributed by atoms with E-state index in [1.807, 2.05) is 41.1 Å². The maximum Gasteiger partial charge on any atom is 0.268 e. The van der Waals surface area contributed by atoms with Crippen LogP contribution in [-0.4, -0.2) is 14.0 Å². The number of amides is 1. The summed E-state index contributed by atoms with van der Waals surface area (Å²) < 4.78 is 1.47. The van der Waals surface area contributed by atoms with Crippen molar-refractivity contribution in [1.82, 2.24) is 3.11 Å². The first-order valence-corrected chi connectivity index (χ1v) is 4.72. The second-order valence-corrected chi connectivity index (χ2v) is 3.79. The lowest BCUT2D eigenvalue weighted by molar-refractivity contribution is 0.0940. The minimum absolute atomic E-state index is 0.0174. The van der Waals surface area contributed by atoms with Gasteiger partial charge in [0.05, 0.1) is 28.4 Å². The van der Waals surface area contributed by atoms with E-state index >= 15 is 0 Å². The Hall–Kier alpha value is -0.490. The Morgan fingerprint density at radius 2 is 1.83 bits per heavy atom. The molecule has 0 unspecified atom stereocenters. The lowest BCUT2D eigenvalue weighted by atomic mass is 10.1. The standard InChI is InChI=1S/C8H4INOS/c9-10-7(11)5-3-1-2-4-6(5)8(10)12/h1-4H. The topological polar surface area (TPSA) is 20.3 Å². The molecule has 1 aromatic rings. The van der Waals surface area contributed by atoms with Gasteiger partial charge < -0.3 is 0 Å². The minimum Gasteiger partial charge on any atom is -0.268 e. The molecule has 0 atom stereocenters. The third-order valence-corrected chi connectivity index (χ3v) is 3.39. The van der Waals surface area contributed by atoms with Gasteiger partial charge in [0, 0.05) is 5.56 Å². The van der Waals surface area contributed by atoms with Gasteiger partial charge in [-0.1, -0.05) is 30.4 Å². The monoisotopic (exact) mass is 289 g/mol. The average molecular weight is 289 g/mol. The zero-order valence-electron chi connectivity index (χ0n) is 5.95. The van der Waals surface area contributed by atoms with Gasteiger partial charge in [-0.15, -0.1) is 0 Å². The van der Waals surface area contributed by atoms with Crippen LogP contribution in [0.15, 0.2) is 24.3 Å². The molecule has 2 rings (SSSR count). The third kappa shape index (κ3) is 0.980. The van der Waals surface area contributed by atoms with Crippen LogP contribution in [0.2, 0.25) is 0 Å². The summed E-state index contributed by atoms with van der Waals surface area (Å²) in [7, 11) is 0. The van der Waals surface area contributed by atoms with E-state index in [0.29, 0.717) is 10.6 Å². The van der Waals surface area contributed by atoms with Crippen molar-refractivity contribution in [1.29, 1.82) is 0 Å². The summed E-state index contributed by atoms with van der Waals surface area (Å²) >= 11 is 6.99. The van der Waals surface area contributed by atoms with Crippen LogP contribution >= 0.6 is 35.1 Å². The van der Waals surface area contributed by atoms with Crippen molar-refractivity contribution in [2.75, 3.05) is 0 Å². The highest BCUT2D eigenvalue weighted by Gasteiger charge is 2.29. The van der Waals surface area contributed by atoms with Crippen molar-refractivity contribution >= 4 is 46.0 Å². The molecule has 0 N–H and O–H groups in total. The molecule has 0 radical (unpaired) electrons. The van der Waals surface area contributed by atoms with Crippen LogP contribution in [0.25, 0.3) is 0 Å². The lowest BCUT2D eigenvalue weighted by Crippen LogP contribution is -2.16. The second-order valence-electron chi connectivity index (χ2n) is 2.44. The highest BCUT2D eigenvalue weighted by atomic mass is 127. The first kappa shape index (κ1) is 8.12. The van der Waals surface area contributed by atoms with Crippen molar-refractivity contribution < 1.29 is 4.79 Å². The average Bonchev–Trinajstić information content (AvgIpc) is 2.33. The van der Waals surface area contributed by atoms with Gasteiger partial charge in [-0.3, -0.25) is 4.79 Å². The molecule has 1 amide bonds. The number of carbonyl (C=O) groups excluding carboxylic acids is 1. The highest BCUT2D eigenvalue weighted by Crippen LogP contribution is 2.25. The molecule has 4 heteroatoms. The maximum absolute atomic E-state index is 11.4. The molecule has 1 heterocycles. The zero-order valence-corrected chi connectivity index (χ0v) is 8.93. The number of carbonyl (C=O) groups is 1. The summed E-state index contributed by atoms with van der Waals surface area (Å²) in [5.74, 6) is -0.0174. The number of hydrogen-bond donors (Lipinski definition) is 0. The Balaban J connectivity index is 2.67.